The molecule has 4 rings (SSSR count). The standard InChI is InChI=1S/C13H12.C4H9NO.C4H9N.C3H7NO2.C2H6/c1-11-7-9-13(10-8-11)12-5-3-2-4-6-12;6-4-1-2-5-3-4;1-2-4-5-3-1;1-2-4-3(5)6;1-2/h2-10H,1H3;4-6H,1-3H2;5H,1-4H2;4H,2H2,1H3,(H,5,6);1-2H3. The van der Waals surface area contributed by atoms with Crippen molar-refractivity contribution in [1.29, 1.82) is 0 Å². The van der Waals surface area contributed by atoms with Crippen LogP contribution in [0, 0.1) is 6.92 Å². The van der Waals surface area contributed by atoms with Crippen molar-refractivity contribution in [3.63, 3.8) is 0 Å². The molecule has 0 aliphatic carbocycles. The Morgan fingerprint density at radius 3 is 1.81 bits per heavy atom. The lowest BCUT2D eigenvalue weighted by Gasteiger charge is -2.00. The van der Waals surface area contributed by atoms with E-state index in [9.17, 15) is 4.79 Å². The number of carbonyl (C=O) groups is 1. The molecule has 2 aromatic carbocycles. The van der Waals surface area contributed by atoms with Gasteiger partial charge in [-0.25, -0.2) is 4.79 Å². The quantitative estimate of drug-likeness (QED) is 0.463. The molecule has 6 nitrogen and oxygen atoms in total. The van der Waals surface area contributed by atoms with Crippen LogP contribution in [0.15, 0.2) is 54.6 Å². The average Bonchev–Trinajstić information content (AvgIpc) is 3.54. The third-order valence-corrected chi connectivity index (χ3v) is 4.48. The molecule has 2 aliphatic heterocycles. The molecule has 1 amide bonds. The fourth-order valence-electron chi connectivity index (χ4n) is 2.79. The lowest BCUT2D eigenvalue weighted by Crippen LogP contribution is -2.19. The summed E-state index contributed by atoms with van der Waals surface area (Å²) >= 11 is 0. The molecule has 0 aromatic heterocycles. The van der Waals surface area contributed by atoms with E-state index in [0.29, 0.717) is 6.54 Å². The number of aliphatic hydroxyl groups excluding tert-OH is 1. The van der Waals surface area contributed by atoms with Crippen LogP contribution in [0.2, 0.25) is 0 Å². The first-order valence-corrected chi connectivity index (χ1v) is 11.7. The van der Waals surface area contributed by atoms with Gasteiger partial charge in [0.2, 0.25) is 0 Å². The summed E-state index contributed by atoms with van der Waals surface area (Å²) in [6, 6.07) is 19.0. The molecule has 2 heterocycles. The highest BCUT2D eigenvalue weighted by atomic mass is 16.4. The minimum Gasteiger partial charge on any atom is -0.465 e. The zero-order valence-electron chi connectivity index (χ0n) is 20.2. The van der Waals surface area contributed by atoms with Gasteiger partial charge in [0.25, 0.3) is 0 Å². The van der Waals surface area contributed by atoms with Crippen LogP contribution in [-0.4, -0.2) is 55.1 Å². The van der Waals surface area contributed by atoms with E-state index < -0.39 is 6.09 Å². The van der Waals surface area contributed by atoms with Crippen molar-refractivity contribution in [1.82, 2.24) is 16.0 Å². The summed E-state index contributed by atoms with van der Waals surface area (Å²) in [5, 5.41) is 24.8. The van der Waals surface area contributed by atoms with E-state index in [2.05, 4.69) is 71.4 Å². The van der Waals surface area contributed by atoms with Crippen LogP contribution >= 0.6 is 0 Å². The van der Waals surface area contributed by atoms with Gasteiger partial charge in [-0.2, -0.15) is 0 Å². The number of amides is 1. The zero-order valence-corrected chi connectivity index (χ0v) is 20.2. The lowest BCUT2D eigenvalue weighted by molar-refractivity contribution is 0.195. The molecule has 2 aliphatic rings. The molecular weight excluding hydrogens is 402 g/mol. The molecule has 6 heteroatoms. The monoisotopic (exact) mass is 445 g/mol. The number of hydrogen-bond acceptors (Lipinski definition) is 4. The van der Waals surface area contributed by atoms with Gasteiger partial charge in [0.15, 0.2) is 0 Å². The van der Waals surface area contributed by atoms with Crippen LogP contribution in [0.4, 0.5) is 4.79 Å². The van der Waals surface area contributed by atoms with E-state index >= 15 is 0 Å². The molecular formula is C26H43N3O3. The summed E-state index contributed by atoms with van der Waals surface area (Å²) in [4.78, 5) is 9.49. The smallest absolute Gasteiger partial charge is 0.404 e. The number of benzene rings is 2. The third kappa shape index (κ3) is 16.3. The van der Waals surface area contributed by atoms with E-state index in [1.54, 1.807) is 6.92 Å². The lowest BCUT2D eigenvalue weighted by atomic mass is 10.0. The summed E-state index contributed by atoms with van der Waals surface area (Å²) in [5.74, 6) is 0. The first-order chi connectivity index (χ1) is 15.5. The SMILES string of the molecule is C1CCNC1.CC.CCNC(=O)O.Cc1ccc(-c2ccccc2)cc1.OC1CCNC1. The van der Waals surface area contributed by atoms with E-state index in [4.69, 9.17) is 10.2 Å². The first-order valence-electron chi connectivity index (χ1n) is 11.7. The Hall–Kier alpha value is -2.41. The van der Waals surface area contributed by atoms with Gasteiger partial charge in [-0.1, -0.05) is 74.0 Å². The zero-order chi connectivity index (χ0) is 24.0. The molecule has 2 fully saturated rings. The number of β-amino-alcohol motifs (C(OH)–C–C–N with tert-alkyl or cyclic N) is 1. The Balaban J connectivity index is 0.000000427. The summed E-state index contributed by atoms with van der Waals surface area (Å²) in [6.45, 7) is 12.6. The van der Waals surface area contributed by atoms with Gasteiger partial charge in [-0.15, -0.1) is 0 Å². The summed E-state index contributed by atoms with van der Waals surface area (Å²) < 4.78 is 0. The Kier molecular flexibility index (Phi) is 18.9. The van der Waals surface area contributed by atoms with Crippen LogP contribution in [-0.2, 0) is 0 Å². The Bertz CT molecular complexity index is 661. The molecule has 2 saturated heterocycles. The van der Waals surface area contributed by atoms with Crippen LogP contribution in [0.25, 0.3) is 11.1 Å². The second-order valence-electron chi connectivity index (χ2n) is 7.17. The molecule has 0 saturated carbocycles. The first kappa shape index (κ1) is 29.6. The Labute approximate surface area is 194 Å². The minimum atomic E-state index is -0.961. The Morgan fingerprint density at radius 2 is 1.50 bits per heavy atom. The van der Waals surface area contributed by atoms with E-state index in [0.717, 1.165) is 19.5 Å². The fourth-order valence-corrected chi connectivity index (χ4v) is 2.79. The van der Waals surface area contributed by atoms with Crippen molar-refractivity contribution < 1.29 is 15.0 Å². The molecule has 180 valence electrons. The normalized spacial score (nSPS) is 15.8. The predicted octanol–water partition coefficient (Wildman–Crippen LogP) is 4.67. The topological polar surface area (TPSA) is 93.6 Å². The number of hydrogen-bond donors (Lipinski definition) is 5. The largest absolute Gasteiger partial charge is 0.465 e. The van der Waals surface area contributed by atoms with Gasteiger partial charge in [0, 0.05) is 13.1 Å². The summed E-state index contributed by atoms with van der Waals surface area (Å²) in [5.41, 5.74) is 3.87. The molecule has 5 N–H and O–H groups in total. The van der Waals surface area contributed by atoms with Crippen molar-refractivity contribution in [3.05, 3.63) is 60.2 Å². The van der Waals surface area contributed by atoms with E-state index in [-0.39, 0.29) is 6.10 Å². The van der Waals surface area contributed by atoms with Crippen LogP contribution in [0.1, 0.15) is 45.6 Å². The minimum absolute atomic E-state index is 0.0648. The van der Waals surface area contributed by atoms with Gasteiger partial charge < -0.3 is 26.2 Å². The van der Waals surface area contributed by atoms with E-state index in [1.807, 2.05) is 19.9 Å². The summed E-state index contributed by atoms with van der Waals surface area (Å²) in [7, 11) is 0. The van der Waals surface area contributed by atoms with Gasteiger partial charge in [0.05, 0.1) is 6.10 Å². The number of aliphatic hydroxyl groups is 1. The molecule has 1 unspecified atom stereocenters. The number of carboxylic acid groups (broad SMARTS) is 1. The van der Waals surface area contributed by atoms with Crippen LogP contribution < -0.4 is 16.0 Å². The van der Waals surface area contributed by atoms with Crippen LogP contribution in [0.5, 0.6) is 0 Å². The molecule has 0 spiro atoms. The van der Waals surface area contributed by atoms with Crippen molar-refractivity contribution in [2.24, 2.45) is 0 Å². The summed E-state index contributed by atoms with van der Waals surface area (Å²) in [6.07, 6.45) is 2.68. The van der Waals surface area contributed by atoms with Gasteiger partial charge in [-0.3, -0.25) is 0 Å². The van der Waals surface area contributed by atoms with Crippen molar-refractivity contribution in [2.75, 3.05) is 32.7 Å². The van der Waals surface area contributed by atoms with Crippen molar-refractivity contribution >= 4 is 6.09 Å². The molecule has 1 atom stereocenters. The highest BCUT2D eigenvalue weighted by molar-refractivity contribution is 5.64. The Morgan fingerprint density at radius 1 is 0.938 bits per heavy atom. The van der Waals surface area contributed by atoms with E-state index in [1.165, 1.54) is 42.6 Å². The van der Waals surface area contributed by atoms with Crippen molar-refractivity contribution in [2.45, 2.75) is 53.1 Å². The average molecular weight is 446 g/mol. The second kappa shape index (κ2) is 20.5. The third-order valence-electron chi connectivity index (χ3n) is 4.48. The van der Waals surface area contributed by atoms with Crippen molar-refractivity contribution in [3.8, 4) is 11.1 Å². The predicted molar refractivity (Wildman–Crippen MR) is 135 cm³/mol. The molecule has 0 bridgehead atoms. The maximum absolute atomic E-state index is 9.49. The number of rotatable bonds is 2. The fraction of sp³-hybridized carbons (Fsp3) is 0.500. The number of aryl methyl sites for hydroxylation is 1. The van der Waals surface area contributed by atoms with Gasteiger partial charge in [-0.05, 0) is 63.9 Å². The molecule has 0 radical (unpaired) electrons. The maximum Gasteiger partial charge on any atom is 0.404 e. The highest BCUT2D eigenvalue weighted by Gasteiger charge is 2.08. The van der Waals surface area contributed by atoms with Crippen LogP contribution in [0.3, 0.4) is 0 Å². The second-order valence-corrected chi connectivity index (χ2v) is 7.17. The molecule has 32 heavy (non-hydrogen) atoms. The number of nitrogens with one attached hydrogen (secondary N) is 3. The van der Waals surface area contributed by atoms with Gasteiger partial charge in [0.1, 0.15) is 0 Å². The van der Waals surface area contributed by atoms with Gasteiger partial charge >= 0.3 is 6.09 Å². The molecule has 2 aromatic rings. The maximum atomic E-state index is 9.49. The highest BCUT2D eigenvalue weighted by Crippen LogP contribution is 2.18.